The van der Waals surface area contributed by atoms with Crippen LogP contribution in [0.2, 0.25) is 0 Å². The first kappa shape index (κ1) is 11.0. The second-order valence-corrected chi connectivity index (χ2v) is 5.45. The standard InChI is InChI=1S/C10H15NS2/c1-12-10(7-11)13-8-9-5-3-2-4-6-9/h5,10H,2-4,6,8H2,1H3. The predicted molar refractivity (Wildman–Crippen MR) is 61.9 cm³/mol. The maximum atomic E-state index is 8.74. The van der Waals surface area contributed by atoms with Crippen molar-refractivity contribution in [2.45, 2.75) is 30.3 Å². The number of nitrogens with zero attached hydrogens (tertiary/aromatic N) is 1. The van der Waals surface area contributed by atoms with Crippen LogP contribution in [-0.2, 0) is 0 Å². The Bertz CT molecular complexity index is 217. The Morgan fingerprint density at radius 3 is 3.00 bits per heavy atom. The minimum absolute atomic E-state index is 0.114. The van der Waals surface area contributed by atoms with Crippen molar-refractivity contribution in [1.82, 2.24) is 0 Å². The van der Waals surface area contributed by atoms with Crippen LogP contribution in [0.4, 0.5) is 0 Å². The molecule has 0 saturated heterocycles. The molecule has 1 atom stereocenters. The second kappa shape index (κ2) is 6.39. The number of allylic oxidation sites excluding steroid dienone is 1. The normalized spacial score (nSPS) is 18.9. The van der Waals surface area contributed by atoms with Crippen LogP contribution < -0.4 is 0 Å². The van der Waals surface area contributed by atoms with Gasteiger partial charge in [0, 0.05) is 5.75 Å². The van der Waals surface area contributed by atoms with E-state index in [9.17, 15) is 0 Å². The summed E-state index contributed by atoms with van der Waals surface area (Å²) < 4.78 is 0.114. The largest absolute Gasteiger partial charge is 0.196 e. The van der Waals surface area contributed by atoms with E-state index in [1.807, 2.05) is 6.26 Å². The van der Waals surface area contributed by atoms with Crippen LogP contribution in [0.5, 0.6) is 0 Å². The van der Waals surface area contributed by atoms with Crippen molar-refractivity contribution in [3.05, 3.63) is 11.6 Å². The highest BCUT2D eigenvalue weighted by Crippen LogP contribution is 2.26. The molecule has 0 bridgehead atoms. The Hall–Kier alpha value is -0.0700. The summed E-state index contributed by atoms with van der Waals surface area (Å²) in [5, 5.41) is 8.74. The quantitative estimate of drug-likeness (QED) is 0.528. The molecule has 0 radical (unpaired) electrons. The van der Waals surface area contributed by atoms with E-state index >= 15 is 0 Å². The molecular formula is C10H15NS2. The Kier molecular flexibility index (Phi) is 5.41. The van der Waals surface area contributed by atoms with Crippen molar-refractivity contribution < 1.29 is 0 Å². The fourth-order valence-electron chi connectivity index (χ4n) is 1.38. The average Bonchev–Trinajstić information content (AvgIpc) is 2.21. The number of hydrogen-bond donors (Lipinski definition) is 0. The molecule has 0 spiro atoms. The number of rotatable bonds is 4. The van der Waals surface area contributed by atoms with Gasteiger partial charge < -0.3 is 0 Å². The predicted octanol–water partition coefficient (Wildman–Crippen LogP) is 3.43. The Morgan fingerprint density at radius 2 is 2.46 bits per heavy atom. The molecule has 1 aliphatic carbocycles. The summed E-state index contributed by atoms with van der Waals surface area (Å²) in [5.41, 5.74) is 1.55. The lowest BCUT2D eigenvalue weighted by atomic mass is 10.0. The summed E-state index contributed by atoms with van der Waals surface area (Å²) in [7, 11) is 0. The van der Waals surface area contributed by atoms with Crippen molar-refractivity contribution in [3.63, 3.8) is 0 Å². The van der Waals surface area contributed by atoms with E-state index < -0.39 is 0 Å². The van der Waals surface area contributed by atoms with E-state index in [2.05, 4.69) is 12.1 Å². The third-order valence-electron chi connectivity index (χ3n) is 2.12. The first-order valence-electron chi connectivity index (χ1n) is 4.58. The van der Waals surface area contributed by atoms with E-state index in [4.69, 9.17) is 5.26 Å². The van der Waals surface area contributed by atoms with Gasteiger partial charge in [0.25, 0.3) is 0 Å². The second-order valence-electron chi connectivity index (χ2n) is 3.12. The lowest BCUT2D eigenvalue weighted by Gasteiger charge is -2.13. The van der Waals surface area contributed by atoms with Crippen LogP contribution >= 0.6 is 23.5 Å². The van der Waals surface area contributed by atoms with Crippen LogP contribution in [0.1, 0.15) is 25.7 Å². The zero-order chi connectivity index (χ0) is 9.52. The summed E-state index contributed by atoms with van der Waals surface area (Å²) in [4.78, 5) is 0. The molecule has 0 aromatic heterocycles. The van der Waals surface area contributed by atoms with Crippen molar-refractivity contribution in [2.24, 2.45) is 0 Å². The van der Waals surface area contributed by atoms with Gasteiger partial charge in [0.2, 0.25) is 0 Å². The minimum atomic E-state index is 0.114. The molecule has 0 aromatic rings. The van der Waals surface area contributed by atoms with Crippen molar-refractivity contribution in [2.75, 3.05) is 12.0 Å². The molecule has 0 aromatic carbocycles. The summed E-state index contributed by atoms with van der Waals surface area (Å²) in [6.07, 6.45) is 9.52. The molecule has 0 fully saturated rings. The maximum Gasteiger partial charge on any atom is 0.137 e. The Morgan fingerprint density at radius 1 is 1.62 bits per heavy atom. The summed E-state index contributed by atoms with van der Waals surface area (Å²) in [6.45, 7) is 0. The molecule has 1 nitrogen and oxygen atoms in total. The molecule has 72 valence electrons. The van der Waals surface area contributed by atoms with Gasteiger partial charge in [-0.3, -0.25) is 0 Å². The summed E-state index contributed by atoms with van der Waals surface area (Å²) in [6, 6.07) is 2.29. The number of nitriles is 1. The highest BCUT2D eigenvalue weighted by molar-refractivity contribution is 8.17. The van der Waals surface area contributed by atoms with E-state index in [1.165, 1.54) is 25.7 Å². The molecule has 0 heterocycles. The van der Waals surface area contributed by atoms with Gasteiger partial charge in [-0.25, -0.2) is 0 Å². The maximum absolute atomic E-state index is 8.74. The lowest BCUT2D eigenvalue weighted by Crippen LogP contribution is -1.98. The number of hydrogen-bond acceptors (Lipinski definition) is 3. The summed E-state index contributed by atoms with van der Waals surface area (Å²) >= 11 is 3.39. The first-order valence-corrected chi connectivity index (χ1v) is 6.92. The molecule has 0 saturated carbocycles. The Labute approximate surface area is 89.0 Å². The first-order chi connectivity index (χ1) is 6.36. The van der Waals surface area contributed by atoms with Crippen LogP contribution in [0, 0.1) is 11.3 Å². The Balaban J connectivity index is 2.25. The smallest absolute Gasteiger partial charge is 0.137 e. The van der Waals surface area contributed by atoms with Gasteiger partial charge in [0.05, 0.1) is 6.07 Å². The molecule has 13 heavy (non-hydrogen) atoms. The highest BCUT2D eigenvalue weighted by Gasteiger charge is 2.08. The monoisotopic (exact) mass is 213 g/mol. The molecular weight excluding hydrogens is 198 g/mol. The molecule has 3 heteroatoms. The fraction of sp³-hybridized carbons (Fsp3) is 0.700. The van der Waals surface area contributed by atoms with Gasteiger partial charge in [-0.15, -0.1) is 23.5 Å². The third kappa shape index (κ3) is 4.10. The molecule has 1 aliphatic rings. The summed E-state index contributed by atoms with van der Waals surface area (Å²) in [5.74, 6) is 1.05. The zero-order valence-electron chi connectivity index (χ0n) is 7.95. The van der Waals surface area contributed by atoms with Gasteiger partial charge in [-0.1, -0.05) is 11.6 Å². The van der Waals surface area contributed by atoms with Gasteiger partial charge in [0.15, 0.2) is 0 Å². The van der Waals surface area contributed by atoms with Gasteiger partial charge >= 0.3 is 0 Å². The van der Waals surface area contributed by atoms with Crippen molar-refractivity contribution in [1.29, 1.82) is 5.26 Å². The minimum Gasteiger partial charge on any atom is -0.196 e. The average molecular weight is 213 g/mol. The van der Waals surface area contributed by atoms with E-state index in [1.54, 1.807) is 29.1 Å². The highest BCUT2D eigenvalue weighted by atomic mass is 32.2. The molecule has 0 aliphatic heterocycles. The van der Waals surface area contributed by atoms with Gasteiger partial charge in [-0.05, 0) is 31.9 Å². The third-order valence-corrected chi connectivity index (χ3v) is 4.59. The molecule has 0 N–H and O–H groups in total. The topological polar surface area (TPSA) is 23.8 Å². The van der Waals surface area contributed by atoms with E-state index in [0.29, 0.717) is 0 Å². The fourth-order valence-corrected chi connectivity index (χ4v) is 2.93. The van der Waals surface area contributed by atoms with Crippen LogP contribution in [0.3, 0.4) is 0 Å². The van der Waals surface area contributed by atoms with E-state index in [0.717, 1.165) is 5.75 Å². The molecule has 1 rings (SSSR count). The van der Waals surface area contributed by atoms with Gasteiger partial charge in [0.1, 0.15) is 4.58 Å². The van der Waals surface area contributed by atoms with Crippen molar-refractivity contribution >= 4 is 23.5 Å². The lowest BCUT2D eigenvalue weighted by molar-refractivity contribution is 0.703. The van der Waals surface area contributed by atoms with Crippen LogP contribution in [0.15, 0.2) is 11.6 Å². The van der Waals surface area contributed by atoms with E-state index in [-0.39, 0.29) is 4.58 Å². The zero-order valence-corrected chi connectivity index (χ0v) is 9.59. The molecule has 0 amide bonds. The molecule has 1 unspecified atom stereocenters. The SMILES string of the molecule is CSC(C#N)SCC1=CCCCC1. The van der Waals surface area contributed by atoms with Gasteiger partial charge in [-0.2, -0.15) is 5.26 Å². The van der Waals surface area contributed by atoms with Crippen molar-refractivity contribution in [3.8, 4) is 6.07 Å². The van der Waals surface area contributed by atoms with Crippen LogP contribution in [0.25, 0.3) is 0 Å². The number of thioether (sulfide) groups is 2. The van der Waals surface area contributed by atoms with Crippen LogP contribution in [-0.4, -0.2) is 16.6 Å².